The monoisotopic (exact) mass is 1310 g/mol. The summed E-state index contributed by atoms with van der Waals surface area (Å²) in [7, 11) is -0.951. The van der Waals surface area contributed by atoms with Crippen LogP contribution in [0.5, 0.6) is 0 Å². The van der Waals surface area contributed by atoms with Crippen molar-refractivity contribution in [2.75, 3.05) is 27.9 Å². The van der Waals surface area contributed by atoms with Crippen LogP contribution in [0.4, 0.5) is 0 Å². The number of amides is 1. The maximum Gasteiger partial charge on any atom is 0.329 e. The number of ketones is 2. The Kier molecular flexibility index (Phi) is 27.8. The van der Waals surface area contributed by atoms with Gasteiger partial charge in [0.15, 0.2) is 8.32 Å². The first kappa shape index (κ1) is 76.1. The SMILES string of the molecule is C=CC[C@@H]1/C=C(\C)C[C@H](C)C[C@H](OC)[C@H]2O[C@@](O)(C(=O)C(=O)N3CCCC[C@H]3C(=O)O[C@H](/C(C)=C/[C@@H]3CC[C@@H](OC(=O)CCCCCCC(=O)O[Si](c4ccccc4)(c4ccccc4)C(C)(C)C)[C@H](OC)C3)[C@H](C)[C@@H](O[Si](C)(C)C(C)(C)C)CC1=O)[C@H](C)C[C@@H]2OC. The summed E-state index contributed by atoms with van der Waals surface area (Å²) in [6.07, 6.45) is 9.04. The van der Waals surface area contributed by atoms with Crippen molar-refractivity contribution in [1.82, 2.24) is 4.90 Å². The molecule has 3 aliphatic heterocycles. The number of unbranched alkanes of at least 4 members (excludes halogenated alkanes) is 3. The quantitative estimate of drug-likeness (QED) is 0.0431. The Hall–Kier alpha value is -4.93. The molecule has 0 unspecified atom stereocenters. The lowest BCUT2D eigenvalue weighted by atomic mass is 9.81. The number of carbonyl (C=O) groups excluding carboxylic acids is 6. The van der Waals surface area contributed by atoms with Crippen LogP contribution >= 0.6 is 0 Å². The molecule has 0 aromatic heterocycles. The Morgan fingerprint density at radius 2 is 1.33 bits per heavy atom. The van der Waals surface area contributed by atoms with Crippen molar-refractivity contribution in [3.05, 3.63) is 96.6 Å². The average Bonchev–Trinajstić information content (AvgIpc) is 0.762. The van der Waals surface area contributed by atoms with Crippen molar-refractivity contribution in [3.63, 3.8) is 0 Å². The highest BCUT2D eigenvalue weighted by molar-refractivity contribution is 7.00. The zero-order valence-electron chi connectivity index (χ0n) is 58.6. The van der Waals surface area contributed by atoms with Gasteiger partial charge in [-0.15, -0.1) is 6.58 Å². The van der Waals surface area contributed by atoms with E-state index < -0.39 is 107 Å². The number of Topliss-reactive ketones (excluding diaryl/α,β-unsaturated/α-hetero) is 2. The van der Waals surface area contributed by atoms with Crippen LogP contribution in [-0.2, 0) is 66.0 Å². The van der Waals surface area contributed by atoms with Gasteiger partial charge >= 0.3 is 20.3 Å². The number of ether oxygens (including phenoxy) is 6. The molecular formula is C74H113NO15Si2. The summed E-state index contributed by atoms with van der Waals surface area (Å²) in [5.41, 5.74) is 1.71. The number of methoxy groups -OCH3 is 3. The van der Waals surface area contributed by atoms with E-state index in [9.17, 15) is 24.3 Å². The average molecular weight is 1310 g/mol. The van der Waals surface area contributed by atoms with Gasteiger partial charge in [0.05, 0.1) is 24.4 Å². The summed E-state index contributed by atoms with van der Waals surface area (Å²) in [6, 6.07) is 19.1. The van der Waals surface area contributed by atoms with Crippen LogP contribution in [0.15, 0.2) is 96.6 Å². The number of piperidine rings is 1. The predicted molar refractivity (Wildman–Crippen MR) is 364 cm³/mol. The minimum atomic E-state index is -3.02. The molecule has 2 bridgehead atoms. The third kappa shape index (κ3) is 19.0. The Morgan fingerprint density at radius 1 is 0.739 bits per heavy atom. The van der Waals surface area contributed by atoms with E-state index in [1.54, 1.807) is 34.3 Å². The van der Waals surface area contributed by atoms with Gasteiger partial charge in [0, 0.05) is 64.9 Å². The fourth-order valence-electron chi connectivity index (χ4n) is 14.2. The van der Waals surface area contributed by atoms with Crippen LogP contribution in [0, 0.1) is 29.6 Å². The first-order valence-corrected chi connectivity index (χ1v) is 38.9. The first-order valence-electron chi connectivity index (χ1n) is 34.1. The van der Waals surface area contributed by atoms with Crippen LogP contribution in [0.25, 0.3) is 0 Å². The number of cyclic esters (lactones) is 1. The van der Waals surface area contributed by atoms with Gasteiger partial charge in [-0.3, -0.25) is 24.0 Å². The Bertz CT molecular complexity index is 2810. The molecule has 18 heteroatoms. The standard InChI is InChI=1S/C74H113NO15Si2/c1-18-31-55-43-49(2)42-50(3)44-63(84-14)68-64(85-15)46-52(5)74(82,88-68)69(79)70(80)75-41-30-29-36-58(75)71(81)87-67(53(6)61(48-59(55)76)89-91(16,17)72(7,8)9)51(4)45-54-39-40-60(62(47-54)83-13)86-65(77)37-27-19-20-28-38-66(78)90-92(73(10,11)12,56-32-23-21-24-33-56)57-34-25-22-26-35-57/h18,21-26,32-35,43,45,50,52-55,58,60-64,67-68,82H,1,19-20,27-31,36-42,44,46-48H2,2-17H3/b49-43+,51-45+/t50-,52+,53+,54-,55+,58-,60+,61-,62+,63-,64-,67+,68+,74+/m0/s1. The second-order valence-electron chi connectivity index (χ2n) is 29.6. The normalized spacial score (nSPS) is 30.4. The molecule has 3 fully saturated rings. The van der Waals surface area contributed by atoms with Gasteiger partial charge in [0.25, 0.3) is 17.7 Å². The number of nitrogens with zero attached hydrogens (tertiary/aromatic N) is 1. The molecule has 1 N–H and O–H groups in total. The maximum atomic E-state index is 15.2. The second-order valence-corrected chi connectivity index (χ2v) is 38.6. The number of hydrogen-bond acceptors (Lipinski definition) is 15. The summed E-state index contributed by atoms with van der Waals surface area (Å²) in [6.45, 7) is 30.9. The number of carbonyl (C=O) groups is 6. The number of benzene rings is 2. The van der Waals surface area contributed by atoms with Crippen molar-refractivity contribution in [3.8, 4) is 0 Å². The van der Waals surface area contributed by atoms with Crippen molar-refractivity contribution in [2.45, 2.75) is 263 Å². The van der Waals surface area contributed by atoms with Crippen LogP contribution in [0.3, 0.4) is 0 Å². The topological polar surface area (TPSA) is 200 Å². The molecule has 92 heavy (non-hydrogen) atoms. The number of esters is 2. The van der Waals surface area contributed by atoms with Gasteiger partial charge in [-0.2, -0.15) is 0 Å². The molecule has 14 atom stereocenters. The predicted octanol–water partition coefficient (Wildman–Crippen LogP) is 12.7. The fourth-order valence-corrected chi connectivity index (χ4v) is 20.0. The van der Waals surface area contributed by atoms with E-state index in [2.05, 4.69) is 98.5 Å². The number of rotatable bonds is 20. The summed E-state index contributed by atoms with van der Waals surface area (Å²) in [4.78, 5) is 88.2. The van der Waals surface area contributed by atoms with E-state index in [1.807, 2.05) is 63.2 Å². The smallest absolute Gasteiger partial charge is 0.329 e. The van der Waals surface area contributed by atoms with Gasteiger partial charge in [-0.05, 0) is 142 Å². The first-order chi connectivity index (χ1) is 43.3. The Morgan fingerprint density at radius 3 is 1.89 bits per heavy atom. The molecule has 16 nitrogen and oxygen atoms in total. The molecule has 1 saturated carbocycles. The van der Waals surface area contributed by atoms with Crippen LogP contribution in [-0.4, -0.2) is 144 Å². The van der Waals surface area contributed by atoms with Crippen molar-refractivity contribution in [2.24, 2.45) is 29.6 Å². The molecular weight excluding hydrogens is 1200 g/mol. The van der Waals surface area contributed by atoms with Gasteiger partial charge < -0.3 is 47.3 Å². The largest absolute Gasteiger partial charge is 0.510 e. The van der Waals surface area contributed by atoms with E-state index in [4.69, 9.17) is 37.3 Å². The third-order valence-electron chi connectivity index (χ3n) is 20.6. The number of fused-ring (bicyclic) bond motifs is 3. The number of hydrogen-bond donors (Lipinski definition) is 1. The molecule has 2 aromatic rings. The molecule has 0 spiro atoms. The molecule has 0 radical (unpaired) electrons. The Labute approximate surface area is 552 Å². The molecule has 2 aromatic carbocycles. The van der Waals surface area contributed by atoms with Crippen LogP contribution in [0.1, 0.15) is 185 Å². The molecule has 1 amide bonds. The number of allylic oxidation sites excluding steroid dienone is 4. The third-order valence-corrected chi connectivity index (χ3v) is 30.0. The molecule has 2 saturated heterocycles. The minimum Gasteiger partial charge on any atom is -0.510 e. The fraction of sp³-hybridized carbons (Fsp3) is 0.676. The lowest BCUT2D eigenvalue weighted by Crippen LogP contribution is -2.67. The molecule has 1 aliphatic carbocycles. The van der Waals surface area contributed by atoms with Crippen LogP contribution < -0.4 is 10.4 Å². The van der Waals surface area contributed by atoms with Gasteiger partial charge in [0.2, 0.25) is 5.79 Å². The van der Waals surface area contributed by atoms with Gasteiger partial charge in [0.1, 0.15) is 30.1 Å². The molecule has 512 valence electrons. The maximum absolute atomic E-state index is 15.2. The second kappa shape index (κ2) is 33.6. The van der Waals surface area contributed by atoms with Gasteiger partial charge in [-0.1, -0.05) is 160 Å². The molecule has 4 aliphatic rings. The number of aliphatic hydroxyl groups is 1. The van der Waals surface area contributed by atoms with Crippen molar-refractivity contribution < 1.29 is 71.1 Å². The van der Waals surface area contributed by atoms with Crippen molar-refractivity contribution in [1.29, 1.82) is 0 Å². The van der Waals surface area contributed by atoms with E-state index in [1.165, 1.54) is 4.90 Å². The zero-order chi connectivity index (χ0) is 67.9. The van der Waals surface area contributed by atoms with E-state index in [0.717, 1.165) is 34.4 Å². The van der Waals surface area contributed by atoms with Crippen LogP contribution in [0.2, 0.25) is 23.2 Å². The lowest BCUT2D eigenvalue weighted by molar-refractivity contribution is -0.302. The zero-order valence-corrected chi connectivity index (χ0v) is 60.6. The highest BCUT2D eigenvalue weighted by Gasteiger charge is 2.57. The summed E-state index contributed by atoms with van der Waals surface area (Å²) >= 11 is 0. The van der Waals surface area contributed by atoms with E-state index in [0.29, 0.717) is 64.2 Å². The minimum absolute atomic E-state index is 0.00925. The Balaban J connectivity index is 1.22. The lowest BCUT2D eigenvalue weighted by Gasteiger charge is -2.47. The summed E-state index contributed by atoms with van der Waals surface area (Å²) in [5, 5.41) is 13.9. The molecule has 3 heterocycles. The highest BCUT2D eigenvalue weighted by atomic mass is 28.4. The highest BCUT2D eigenvalue weighted by Crippen LogP contribution is 2.43. The summed E-state index contributed by atoms with van der Waals surface area (Å²) < 4.78 is 51.3. The van der Waals surface area contributed by atoms with Gasteiger partial charge in [-0.25, -0.2) is 4.79 Å². The van der Waals surface area contributed by atoms with E-state index in [-0.39, 0.29) is 78.3 Å². The summed E-state index contributed by atoms with van der Waals surface area (Å²) in [5.74, 6) is -8.10. The molecule has 6 rings (SSSR count). The van der Waals surface area contributed by atoms with Crippen molar-refractivity contribution >= 4 is 62.4 Å². The van der Waals surface area contributed by atoms with E-state index >= 15 is 9.59 Å².